The van der Waals surface area contributed by atoms with Gasteiger partial charge in [-0.15, -0.1) is 17.9 Å². The van der Waals surface area contributed by atoms with Crippen molar-refractivity contribution in [1.29, 1.82) is 0 Å². The second-order valence-electron chi connectivity index (χ2n) is 8.10. The van der Waals surface area contributed by atoms with Gasteiger partial charge in [0.05, 0.1) is 18.7 Å². The molecule has 2 aromatic carbocycles. The van der Waals surface area contributed by atoms with E-state index in [-0.39, 0.29) is 37.2 Å². The van der Waals surface area contributed by atoms with Crippen LogP contribution in [0.25, 0.3) is 0 Å². The predicted molar refractivity (Wildman–Crippen MR) is 133 cm³/mol. The number of thiophene rings is 1. The number of hydrogen-bond acceptors (Lipinski definition) is 5. The summed E-state index contributed by atoms with van der Waals surface area (Å²) < 4.78 is 25.6. The van der Waals surface area contributed by atoms with Gasteiger partial charge >= 0.3 is 0 Å². The fourth-order valence-electron chi connectivity index (χ4n) is 4.17. The van der Waals surface area contributed by atoms with Crippen molar-refractivity contribution in [3.63, 3.8) is 0 Å². The number of benzene rings is 2. The maximum Gasteiger partial charge on any atom is 0.257 e. The molecule has 0 bridgehead atoms. The largest absolute Gasteiger partial charge is 0.497 e. The highest BCUT2D eigenvalue weighted by molar-refractivity contribution is 7.10. The van der Waals surface area contributed by atoms with Crippen molar-refractivity contribution in [1.82, 2.24) is 9.80 Å². The zero-order chi connectivity index (χ0) is 24.8. The number of amides is 2. The minimum atomic E-state index is -0.621. The molecule has 0 saturated heterocycles. The molecule has 0 saturated carbocycles. The van der Waals surface area contributed by atoms with Crippen LogP contribution in [0.1, 0.15) is 26.8 Å². The van der Waals surface area contributed by atoms with E-state index in [1.807, 2.05) is 29.6 Å². The minimum Gasteiger partial charge on any atom is -0.497 e. The Bertz CT molecular complexity index is 1210. The van der Waals surface area contributed by atoms with Crippen LogP contribution >= 0.6 is 11.3 Å². The van der Waals surface area contributed by atoms with Gasteiger partial charge in [0, 0.05) is 24.0 Å². The van der Waals surface area contributed by atoms with Gasteiger partial charge in [-0.3, -0.25) is 9.59 Å². The number of carbonyl (C=O) groups is 2. The van der Waals surface area contributed by atoms with Gasteiger partial charge in [-0.05, 0) is 47.7 Å². The molecular weight excluding hydrogens is 467 g/mol. The molecule has 6 nitrogen and oxygen atoms in total. The van der Waals surface area contributed by atoms with Gasteiger partial charge in [0.25, 0.3) is 5.91 Å². The molecule has 1 aliphatic heterocycles. The highest BCUT2D eigenvalue weighted by Gasteiger charge is 2.33. The second kappa shape index (κ2) is 11.2. The summed E-state index contributed by atoms with van der Waals surface area (Å²) in [7, 11) is 1.59. The Morgan fingerprint density at radius 2 is 2.00 bits per heavy atom. The Labute approximate surface area is 208 Å². The van der Waals surface area contributed by atoms with Crippen LogP contribution in [0.4, 0.5) is 4.39 Å². The van der Waals surface area contributed by atoms with E-state index in [0.717, 1.165) is 12.0 Å². The van der Waals surface area contributed by atoms with Crippen molar-refractivity contribution in [2.24, 2.45) is 0 Å². The minimum absolute atomic E-state index is 0.0705. The molecule has 0 spiro atoms. The van der Waals surface area contributed by atoms with Gasteiger partial charge in [-0.25, -0.2) is 4.39 Å². The molecule has 1 aliphatic rings. The van der Waals surface area contributed by atoms with E-state index in [1.54, 1.807) is 35.5 Å². The van der Waals surface area contributed by atoms with Crippen LogP contribution in [0.2, 0.25) is 0 Å². The Hall–Kier alpha value is -3.65. The molecule has 1 aromatic heterocycles. The van der Waals surface area contributed by atoms with Crippen molar-refractivity contribution in [3.05, 3.63) is 94.5 Å². The van der Waals surface area contributed by atoms with Crippen LogP contribution in [-0.4, -0.2) is 55.0 Å². The van der Waals surface area contributed by atoms with Gasteiger partial charge in [0.1, 0.15) is 30.5 Å². The lowest BCUT2D eigenvalue weighted by Crippen LogP contribution is -2.48. The number of nitrogens with zero attached hydrogens (tertiary/aromatic N) is 2. The zero-order valence-electron chi connectivity index (χ0n) is 19.5. The first-order valence-electron chi connectivity index (χ1n) is 11.3. The van der Waals surface area contributed by atoms with Gasteiger partial charge in [0.15, 0.2) is 0 Å². The molecular formula is C27H27FN2O4S. The van der Waals surface area contributed by atoms with Crippen molar-refractivity contribution in [3.8, 4) is 11.5 Å². The van der Waals surface area contributed by atoms with E-state index >= 15 is 0 Å². The maximum atomic E-state index is 14.2. The second-order valence-corrected chi connectivity index (χ2v) is 9.10. The number of fused-ring (bicyclic) bond motifs is 1. The average Bonchev–Trinajstić information content (AvgIpc) is 3.36. The van der Waals surface area contributed by atoms with Crippen molar-refractivity contribution in [2.75, 3.05) is 33.4 Å². The molecule has 1 atom stereocenters. The summed E-state index contributed by atoms with van der Waals surface area (Å²) in [6, 6.07) is 14.8. The van der Waals surface area contributed by atoms with E-state index in [2.05, 4.69) is 6.58 Å². The Morgan fingerprint density at radius 1 is 1.20 bits per heavy atom. The fraction of sp³-hybridized carbons (Fsp3) is 0.259. The zero-order valence-corrected chi connectivity index (χ0v) is 20.3. The van der Waals surface area contributed by atoms with E-state index < -0.39 is 11.7 Å². The van der Waals surface area contributed by atoms with E-state index in [1.165, 1.54) is 34.1 Å². The van der Waals surface area contributed by atoms with Gasteiger partial charge in [-0.2, -0.15) is 0 Å². The first-order valence-corrected chi connectivity index (χ1v) is 12.2. The lowest BCUT2D eigenvalue weighted by atomic mass is 10.0. The molecule has 3 aromatic rings. The summed E-state index contributed by atoms with van der Waals surface area (Å²) >= 11 is 1.66. The SMILES string of the molecule is C=CCN(CC(=O)N1CCc2sccc2C1COc1cccc(OC)c1)C(=O)c1ccccc1F. The molecule has 0 fully saturated rings. The Kier molecular flexibility index (Phi) is 7.82. The molecule has 182 valence electrons. The van der Waals surface area contributed by atoms with Gasteiger partial charge < -0.3 is 19.3 Å². The number of carbonyl (C=O) groups excluding carboxylic acids is 2. The van der Waals surface area contributed by atoms with Crippen LogP contribution in [0.15, 0.2) is 72.6 Å². The van der Waals surface area contributed by atoms with Crippen molar-refractivity contribution >= 4 is 23.2 Å². The third-order valence-electron chi connectivity index (χ3n) is 5.93. The van der Waals surface area contributed by atoms with Gasteiger partial charge in [0.2, 0.25) is 5.91 Å². The molecule has 2 amide bonds. The molecule has 2 heterocycles. The quantitative estimate of drug-likeness (QED) is 0.404. The van der Waals surface area contributed by atoms with Crippen LogP contribution in [0.3, 0.4) is 0 Å². The van der Waals surface area contributed by atoms with Gasteiger partial charge in [-0.1, -0.05) is 24.3 Å². The highest BCUT2D eigenvalue weighted by Crippen LogP contribution is 2.34. The average molecular weight is 495 g/mol. The Morgan fingerprint density at radius 3 is 2.77 bits per heavy atom. The fourth-order valence-corrected chi connectivity index (χ4v) is 5.10. The number of methoxy groups -OCH3 is 1. The Balaban J connectivity index is 1.53. The van der Waals surface area contributed by atoms with E-state index in [4.69, 9.17) is 9.47 Å². The first kappa shape index (κ1) is 24.5. The lowest BCUT2D eigenvalue weighted by Gasteiger charge is -2.37. The summed E-state index contributed by atoms with van der Waals surface area (Å²) in [5.41, 5.74) is 0.979. The number of hydrogen-bond donors (Lipinski definition) is 0. The normalized spacial score (nSPS) is 14.7. The third kappa shape index (κ3) is 5.54. The molecule has 0 aliphatic carbocycles. The molecule has 0 radical (unpaired) electrons. The van der Waals surface area contributed by atoms with Crippen LogP contribution in [-0.2, 0) is 11.2 Å². The van der Waals surface area contributed by atoms with E-state index in [0.29, 0.717) is 18.0 Å². The molecule has 0 N–H and O–H groups in total. The van der Waals surface area contributed by atoms with Crippen molar-refractivity contribution < 1.29 is 23.5 Å². The summed E-state index contributed by atoms with van der Waals surface area (Å²) in [5.74, 6) is -0.0741. The summed E-state index contributed by atoms with van der Waals surface area (Å²) in [5, 5.41) is 2.02. The summed E-state index contributed by atoms with van der Waals surface area (Å²) in [6.45, 7) is 4.40. The molecule has 4 rings (SSSR count). The standard InChI is InChI=1S/C27H27FN2O4S/c1-3-13-29(27(32)21-9-4-5-10-23(21)28)17-26(31)30-14-11-25-22(12-15-35-25)24(30)18-34-20-8-6-7-19(16-20)33-2/h3-10,12,15-16,24H,1,11,13-14,17-18H2,2H3. The first-order chi connectivity index (χ1) is 17.0. The van der Waals surface area contributed by atoms with Crippen LogP contribution in [0, 0.1) is 5.82 Å². The monoisotopic (exact) mass is 494 g/mol. The van der Waals surface area contributed by atoms with E-state index in [9.17, 15) is 14.0 Å². The third-order valence-corrected chi connectivity index (χ3v) is 6.93. The number of rotatable bonds is 9. The summed E-state index contributed by atoms with van der Waals surface area (Å²) in [6.07, 6.45) is 2.26. The topological polar surface area (TPSA) is 59.1 Å². The summed E-state index contributed by atoms with van der Waals surface area (Å²) in [4.78, 5) is 30.8. The molecule has 8 heteroatoms. The maximum absolute atomic E-state index is 14.2. The molecule has 35 heavy (non-hydrogen) atoms. The smallest absolute Gasteiger partial charge is 0.257 e. The van der Waals surface area contributed by atoms with Crippen LogP contribution < -0.4 is 9.47 Å². The van der Waals surface area contributed by atoms with Crippen molar-refractivity contribution in [2.45, 2.75) is 12.5 Å². The number of ether oxygens (including phenoxy) is 2. The lowest BCUT2D eigenvalue weighted by molar-refractivity contribution is -0.135. The number of halogens is 1. The molecule has 1 unspecified atom stereocenters. The highest BCUT2D eigenvalue weighted by atomic mass is 32.1. The van der Waals surface area contributed by atoms with Crippen LogP contribution in [0.5, 0.6) is 11.5 Å². The predicted octanol–water partition coefficient (Wildman–Crippen LogP) is 4.73.